The molecule has 3 nitrogen and oxygen atoms in total. The molecular formula is C11H18BrN3S. The molecule has 0 bridgehead atoms. The summed E-state index contributed by atoms with van der Waals surface area (Å²) in [6.07, 6.45) is 1.70. The first kappa shape index (κ1) is 13.6. The molecule has 1 rings (SSSR count). The fourth-order valence-electron chi connectivity index (χ4n) is 1.26. The van der Waals surface area contributed by atoms with Crippen molar-refractivity contribution in [1.29, 1.82) is 0 Å². The third-order valence-electron chi connectivity index (χ3n) is 2.26. The van der Waals surface area contributed by atoms with E-state index in [-0.39, 0.29) is 0 Å². The highest BCUT2D eigenvalue weighted by atomic mass is 79.9. The van der Waals surface area contributed by atoms with E-state index in [1.807, 2.05) is 18.7 Å². The molecule has 0 saturated heterocycles. The van der Waals surface area contributed by atoms with Crippen molar-refractivity contribution in [3.63, 3.8) is 0 Å². The average Bonchev–Trinajstić information content (AvgIpc) is 2.27. The second-order valence-electron chi connectivity index (χ2n) is 3.71. The fraction of sp³-hybridized carbons (Fsp3) is 0.545. The molecule has 0 aromatic carbocycles. The summed E-state index contributed by atoms with van der Waals surface area (Å²) in [4.78, 5) is 4.29. The van der Waals surface area contributed by atoms with Gasteiger partial charge < -0.3 is 11.1 Å². The fourth-order valence-corrected chi connectivity index (χ4v) is 2.38. The van der Waals surface area contributed by atoms with Crippen LogP contribution < -0.4 is 11.1 Å². The van der Waals surface area contributed by atoms with Crippen molar-refractivity contribution in [2.75, 3.05) is 22.6 Å². The number of anilines is 2. The van der Waals surface area contributed by atoms with Gasteiger partial charge in [-0.25, -0.2) is 4.98 Å². The van der Waals surface area contributed by atoms with Crippen molar-refractivity contribution in [2.45, 2.75) is 26.8 Å². The topological polar surface area (TPSA) is 50.9 Å². The third-order valence-corrected chi connectivity index (χ3v) is 4.37. The number of rotatable bonds is 5. The Hall–Kier alpha value is -0.420. The van der Waals surface area contributed by atoms with Gasteiger partial charge in [0.2, 0.25) is 0 Å². The summed E-state index contributed by atoms with van der Waals surface area (Å²) in [6, 6.07) is 0.400. The van der Waals surface area contributed by atoms with Crippen LogP contribution in [-0.4, -0.2) is 22.5 Å². The molecule has 1 aromatic heterocycles. The highest BCUT2D eigenvalue weighted by Gasteiger charge is 2.09. The van der Waals surface area contributed by atoms with Gasteiger partial charge in [-0.05, 0) is 41.1 Å². The Bertz CT molecular complexity index is 357. The number of thioether (sulfide) groups is 1. The summed E-state index contributed by atoms with van der Waals surface area (Å²) in [6.45, 7) is 6.30. The molecule has 90 valence electrons. The highest BCUT2D eigenvalue weighted by Crippen LogP contribution is 2.28. The number of hydrogen-bond donors (Lipinski definition) is 2. The standard InChI is InChI=1S/C11H18BrN3S/c1-4-16-6-7(2)15-11-10(12)8(3)9(13)5-14-11/h5,7H,4,6,13H2,1-3H3,(H,14,15). The zero-order valence-electron chi connectivity index (χ0n) is 9.88. The summed E-state index contributed by atoms with van der Waals surface area (Å²) in [5, 5.41) is 3.38. The molecule has 3 N–H and O–H groups in total. The second kappa shape index (κ2) is 6.35. The van der Waals surface area contributed by atoms with Gasteiger partial charge in [0.25, 0.3) is 0 Å². The maximum absolute atomic E-state index is 5.78. The van der Waals surface area contributed by atoms with Crippen LogP contribution in [0.1, 0.15) is 19.4 Å². The first-order chi connectivity index (χ1) is 7.56. The van der Waals surface area contributed by atoms with Gasteiger partial charge in [0.1, 0.15) is 5.82 Å². The van der Waals surface area contributed by atoms with Gasteiger partial charge in [0.15, 0.2) is 0 Å². The molecule has 1 unspecified atom stereocenters. The minimum atomic E-state index is 0.400. The maximum atomic E-state index is 5.78. The maximum Gasteiger partial charge on any atom is 0.140 e. The van der Waals surface area contributed by atoms with E-state index in [1.165, 1.54) is 0 Å². The zero-order valence-corrected chi connectivity index (χ0v) is 12.3. The molecule has 0 aliphatic rings. The van der Waals surface area contributed by atoms with Crippen molar-refractivity contribution < 1.29 is 0 Å². The van der Waals surface area contributed by atoms with Gasteiger partial charge in [-0.1, -0.05) is 6.92 Å². The third kappa shape index (κ3) is 3.56. The lowest BCUT2D eigenvalue weighted by molar-refractivity contribution is 0.899. The Morgan fingerprint density at radius 2 is 2.31 bits per heavy atom. The Morgan fingerprint density at radius 1 is 1.62 bits per heavy atom. The van der Waals surface area contributed by atoms with E-state index in [2.05, 4.69) is 40.1 Å². The van der Waals surface area contributed by atoms with Crippen LogP contribution in [-0.2, 0) is 0 Å². The molecule has 1 aromatic rings. The number of nitrogens with one attached hydrogen (secondary N) is 1. The Kier molecular flexibility index (Phi) is 5.41. The van der Waals surface area contributed by atoms with Crippen LogP contribution in [0.2, 0.25) is 0 Å². The van der Waals surface area contributed by atoms with E-state index in [0.29, 0.717) is 11.7 Å². The smallest absolute Gasteiger partial charge is 0.140 e. The number of halogens is 1. The summed E-state index contributed by atoms with van der Waals surface area (Å²) < 4.78 is 0.959. The quantitative estimate of drug-likeness (QED) is 0.876. The van der Waals surface area contributed by atoms with Crippen molar-refractivity contribution >= 4 is 39.2 Å². The highest BCUT2D eigenvalue weighted by molar-refractivity contribution is 9.10. The van der Waals surface area contributed by atoms with Gasteiger partial charge in [-0.15, -0.1) is 0 Å². The lowest BCUT2D eigenvalue weighted by Gasteiger charge is -2.16. The van der Waals surface area contributed by atoms with E-state index in [0.717, 1.165) is 27.4 Å². The second-order valence-corrected chi connectivity index (χ2v) is 5.82. The molecule has 0 fully saturated rings. The molecule has 0 amide bonds. The zero-order chi connectivity index (χ0) is 12.1. The predicted molar refractivity (Wildman–Crippen MR) is 77.2 cm³/mol. The van der Waals surface area contributed by atoms with E-state index >= 15 is 0 Å². The van der Waals surface area contributed by atoms with Gasteiger partial charge in [-0.3, -0.25) is 0 Å². The minimum Gasteiger partial charge on any atom is -0.397 e. The molecule has 0 radical (unpaired) electrons. The summed E-state index contributed by atoms with van der Waals surface area (Å²) >= 11 is 5.43. The number of hydrogen-bond acceptors (Lipinski definition) is 4. The summed E-state index contributed by atoms with van der Waals surface area (Å²) in [5.74, 6) is 3.09. The van der Waals surface area contributed by atoms with Gasteiger partial charge in [-0.2, -0.15) is 11.8 Å². The van der Waals surface area contributed by atoms with Gasteiger partial charge in [0, 0.05) is 11.8 Å². The van der Waals surface area contributed by atoms with Crippen LogP contribution in [0.15, 0.2) is 10.7 Å². The van der Waals surface area contributed by atoms with E-state index in [4.69, 9.17) is 5.73 Å². The Morgan fingerprint density at radius 3 is 2.94 bits per heavy atom. The number of nitrogens with two attached hydrogens (primary N) is 1. The average molecular weight is 304 g/mol. The molecule has 5 heteroatoms. The Balaban J connectivity index is 2.70. The minimum absolute atomic E-state index is 0.400. The Labute approximate surface area is 110 Å². The number of aromatic nitrogens is 1. The summed E-state index contributed by atoms with van der Waals surface area (Å²) in [5.41, 5.74) is 7.53. The van der Waals surface area contributed by atoms with Crippen LogP contribution >= 0.6 is 27.7 Å². The van der Waals surface area contributed by atoms with Crippen molar-refractivity contribution in [3.8, 4) is 0 Å². The molecule has 0 saturated carbocycles. The number of pyridine rings is 1. The molecule has 1 atom stereocenters. The largest absolute Gasteiger partial charge is 0.397 e. The number of nitrogen functional groups attached to an aromatic ring is 1. The van der Waals surface area contributed by atoms with Crippen LogP contribution in [0.3, 0.4) is 0 Å². The van der Waals surface area contributed by atoms with E-state index < -0.39 is 0 Å². The molecule has 0 aliphatic heterocycles. The van der Waals surface area contributed by atoms with Crippen molar-refractivity contribution in [1.82, 2.24) is 4.98 Å². The predicted octanol–water partition coefficient (Wildman–Crippen LogP) is 3.29. The lowest BCUT2D eigenvalue weighted by Crippen LogP contribution is -2.19. The van der Waals surface area contributed by atoms with Crippen LogP contribution in [0.25, 0.3) is 0 Å². The molecular weight excluding hydrogens is 286 g/mol. The molecule has 0 aliphatic carbocycles. The van der Waals surface area contributed by atoms with Crippen LogP contribution in [0, 0.1) is 6.92 Å². The number of nitrogens with zero attached hydrogens (tertiary/aromatic N) is 1. The van der Waals surface area contributed by atoms with Gasteiger partial charge >= 0.3 is 0 Å². The van der Waals surface area contributed by atoms with E-state index in [9.17, 15) is 0 Å². The molecule has 16 heavy (non-hydrogen) atoms. The van der Waals surface area contributed by atoms with Gasteiger partial charge in [0.05, 0.1) is 16.4 Å². The summed E-state index contributed by atoms with van der Waals surface area (Å²) in [7, 11) is 0. The van der Waals surface area contributed by atoms with Crippen LogP contribution in [0.5, 0.6) is 0 Å². The van der Waals surface area contributed by atoms with Crippen LogP contribution in [0.4, 0.5) is 11.5 Å². The monoisotopic (exact) mass is 303 g/mol. The van der Waals surface area contributed by atoms with Crippen molar-refractivity contribution in [2.24, 2.45) is 0 Å². The molecule has 1 heterocycles. The first-order valence-electron chi connectivity index (χ1n) is 5.31. The first-order valence-corrected chi connectivity index (χ1v) is 7.25. The van der Waals surface area contributed by atoms with E-state index in [1.54, 1.807) is 6.20 Å². The molecule has 0 spiro atoms. The lowest BCUT2D eigenvalue weighted by atomic mass is 10.2. The SMILES string of the molecule is CCSCC(C)Nc1ncc(N)c(C)c1Br. The van der Waals surface area contributed by atoms with Crippen molar-refractivity contribution in [3.05, 3.63) is 16.2 Å². The normalized spacial score (nSPS) is 12.5.